The van der Waals surface area contributed by atoms with Gasteiger partial charge in [0, 0.05) is 45.5 Å². The van der Waals surface area contributed by atoms with Gasteiger partial charge >= 0.3 is 0 Å². The molecule has 0 aliphatic heterocycles. The number of aromatic nitrogens is 1. The average molecular weight is 529 g/mol. The molecule has 39 heavy (non-hydrogen) atoms. The summed E-state index contributed by atoms with van der Waals surface area (Å²) in [5.41, 5.74) is 7.51. The molecule has 0 atom stereocenters. The molecular formula is C33H28N4OS. The molecule has 1 aliphatic rings. The first kappa shape index (κ1) is 24.8. The smallest absolute Gasteiger partial charge is 0.259 e. The molecule has 5 aromatic rings. The number of fused-ring (bicyclic) bond motifs is 2. The fraction of sp³-hybridized carbons (Fsp3) is 0.182. The number of benzene rings is 3. The highest BCUT2D eigenvalue weighted by molar-refractivity contribution is 7.16. The molecule has 0 bridgehead atoms. The van der Waals surface area contributed by atoms with Crippen molar-refractivity contribution in [2.24, 2.45) is 4.99 Å². The predicted octanol–water partition coefficient (Wildman–Crippen LogP) is 7.81. The van der Waals surface area contributed by atoms with Crippen LogP contribution < -0.4 is 5.32 Å². The van der Waals surface area contributed by atoms with Gasteiger partial charge in [0.15, 0.2) is 0 Å². The van der Waals surface area contributed by atoms with E-state index in [1.165, 1.54) is 4.88 Å². The third-order valence-corrected chi connectivity index (χ3v) is 8.67. The highest BCUT2D eigenvalue weighted by atomic mass is 32.1. The maximum absolute atomic E-state index is 13.5. The summed E-state index contributed by atoms with van der Waals surface area (Å²) in [4.78, 5) is 19.8. The topological polar surface area (TPSA) is 70.2 Å². The number of nitrogens with one attached hydrogen (secondary N) is 1. The Morgan fingerprint density at radius 2 is 1.77 bits per heavy atom. The minimum Gasteiger partial charge on any atom is -0.340 e. The van der Waals surface area contributed by atoms with Crippen LogP contribution in [0.2, 0.25) is 0 Å². The van der Waals surface area contributed by atoms with Gasteiger partial charge in [0.05, 0.1) is 17.2 Å². The summed E-state index contributed by atoms with van der Waals surface area (Å²) in [7, 11) is 0. The van der Waals surface area contributed by atoms with E-state index in [1.54, 1.807) is 11.3 Å². The van der Waals surface area contributed by atoms with Gasteiger partial charge in [-0.25, -0.2) is 4.99 Å². The van der Waals surface area contributed by atoms with Crippen molar-refractivity contribution in [3.05, 3.63) is 117 Å². The summed E-state index contributed by atoms with van der Waals surface area (Å²) >= 11 is 1.64. The van der Waals surface area contributed by atoms with Crippen molar-refractivity contribution in [1.29, 1.82) is 5.26 Å². The highest BCUT2D eigenvalue weighted by Gasteiger charge is 2.25. The second kappa shape index (κ2) is 10.7. The second-order valence-electron chi connectivity index (χ2n) is 9.84. The fourth-order valence-corrected chi connectivity index (χ4v) is 6.71. The van der Waals surface area contributed by atoms with Crippen molar-refractivity contribution in [2.75, 3.05) is 5.32 Å². The Kier molecular flexibility index (Phi) is 6.83. The van der Waals surface area contributed by atoms with Crippen LogP contribution in [-0.2, 0) is 19.4 Å². The van der Waals surface area contributed by atoms with Gasteiger partial charge in [-0.05, 0) is 68.0 Å². The third kappa shape index (κ3) is 4.78. The molecule has 3 aromatic carbocycles. The zero-order valence-electron chi connectivity index (χ0n) is 21.8. The summed E-state index contributed by atoms with van der Waals surface area (Å²) < 4.78 is 2.25. The Hall–Kier alpha value is -4.47. The summed E-state index contributed by atoms with van der Waals surface area (Å²) in [5.74, 6) is -0.0972. The number of hydrogen-bond donors (Lipinski definition) is 1. The number of carbonyl (C=O) groups excluding carboxylic acids is 1. The molecule has 1 aliphatic carbocycles. The highest BCUT2D eigenvalue weighted by Crippen LogP contribution is 2.40. The van der Waals surface area contributed by atoms with Gasteiger partial charge in [-0.1, -0.05) is 54.6 Å². The van der Waals surface area contributed by atoms with Crippen LogP contribution in [-0.4, -0.2) is 16.7 Å². The maximum atomic E-state index is 13.5. The molecule has 0 spiro atoms. The second-order valence-corrected chi connectivity index (χ2v) is 10.9. The van der Waals surface area contributed by atoms with E-state index in [9.17, 15) is 10.1 Å². The molecule has 1 amide bonds. The van der Waals surface area contributed by atoms with Crippen molar-refractivity contribution in [1.82, 2.24) is 4.57 Å². The molecule has 5 nitrogen and oxygen atoms in total. The summed E-state index contributed by atoms with van der Waals surface area (Å²) in [6.45, 7) is 2.70. The van der Waals surface area contributed by atoms with E-state index in [4.69, 9.17) is 4.99 Å². The number of rotatable bonds is 6. The average Bonchev–Trinajstić information content (AvgIpc) is 3.47. The van der Waals surface area contributed by atoms with Gasteiger partial charge in [0.2, 0.25) is 0 Å². The Labute approximate surface area is 232 Å². The Morgan fingerprint density at radius 3 is 2.62 bits per heavy atom. The van der Waals surface area contributed by atoms with Crippen LogP contribution in [0.4, 0.5) is 10.7 Å². The standard InChI is InChI=1S/C33H28N4OS/c1-22-28(26-15-7-9-17-29(26)37(22)21-24-12-6-5-11-23(24)19-34)20-35-33-31(27-16-8-10-18-30(27)39-33)32(38)36-25-13-3-2-4-14-25/h2-7,9,11-15,17,20H,8,10,16,18,21H2,1H3,(H,36,38). The molecule has 0 unspecified atom stereocenters. The first-order valence-electron chi connectivity index (χ1n) is 13.2. The molecular weight excluding hydrogens is 500 g/mol. The number of aliphatic imine (C=N–C) groups is 1. The molecule has 1 N–H and O–H groups in total. The number of anilines is 1. The first-order valence-corrected chi connectivity index (χ1v) is 14.1. The van der Waals surface area contributed by atoms with E-state index in [0.29, 0.717) is 17.7 Å². The number of hydrogen-bond acceptors (Lipinski definition) is 4. The number of aryl methyl sites for hydroxylation is 1. The summed E-state index contributed by atoms with van der Waals surface area (Å²) in [6, 6.07) is 27.9. The van der Waals surface area contributed by atoms with Crippen LogP contribution >= 0.6 is 11.3 Å². The number of amides is 1. The molecule has 2 heterocycles. The van der Waals surface area contributed by atoms with E-state index in [0.717, 1.165) is 69.7 Å². The molecule has 192 valence electrons. The van der Waals surface area contributed by atoms with E-state index in [1.807, 2.05) is 72.9 Å². The first-order chi connectivity index (χ1) is 19.1. The fourth-order valence-electron chi connectivity index (χ4n) is 5.48. The molecule has 0 fully saturated rings. The Balaban J connectivity index is 1.41. The van der Waals surface area contributed by atoms with Gasteiger partial charge in [0.25, 0.3) is 5.91 Å². The van der Waals surface area contributed by atoms with Gasteiger partial charge in [-0.3, -0.25) is 4.79 Å². The van der Waals surface area contributed by atoms with Gasteiger partial charge < -0.3 is 9.88 Å². The number of nitriles is 1. The van der Waals surface area contributed by atoms with Crippen molar-refractivity contribution >= 4 is 45.0 Å². The molecule has 6 rings (SSSR count). The number of thiophene rings is 1. The van der Waals surface area contributed by atoms with E-state index in [-0.39, 0.29) is 5.91 Å². The molecule has 2 aromatic heterocycles. The summed E-state index contributed by atoms with van der Waals surface area (Å²) in [5, 5.41) is 14.6. The minimum atomic E-state index is -0.0972. The molecule has 6 heteroatoms. The predicted molar refractivity (Wildman–Crippen MR) is 160 cm³/mol. The van der Waals surface area contributed by atoms with Gasteiger partial charge in [0.1, 0.15) is 5.00 Å². The van der Waals surface area contributed by atoms with Crippen molar-refractivity contribution < 1.29 is 4.79 Å². The Bertz CT molecular complexity index is 1750. The van der Waals surface area contributed by atoms with Crippen LogP contribution in [0.3, 0.4) is 0 Å². The largest absolute Gasteiger partial charge is 0.340 e. The SMILES string of the molecule is Cc1c(C=Nc2sc3c(c2C(=O)Nc2ccccc2)CCCC3)c2ccccc2n1Cc1ccccc1C#N. The quantitative estimate of drug-likeness (QED) is 0.228. The zero-order valence-corrected chi connectivity index (χ0v) is 22.6. The van der Waals surface area contributed by atoms with E-state index in [2.05, 4.69) is 35.0 Å². The maximum Gasteiger partial charge on any atom is 0.259 e. The van der Waals surface area contributed by atoms with Crippen LogP contribution in [0.1, 0.15) is 56.0 Å². The number of para-hydroxylation sites is 2. The lowest BCUT2D eigenvalue weighted by molar-refractivity contribution is 0.102. The van der Waals surface area contributed by atoms with Crippen molar-refractivity contribution in [3.8, 4) is 6.07 Å². The van der Waals surface area contributed by atoms with Crippen LogP contribution in [0.15, 0.2) is 83.9 Å². The molecule has 0 radical (unpaired) electrons. The minimum absolute atomic E-state index is 0.0972. The van der Waals surface area contributed by atoms with Crippen LogP contribution in [0.5, 0.6) is 0 Å². The van der Waals surface area contributed by atoms with E-state index < -0.39 is 0 Å². The van der Waals surface area contributed by atoms with Gasteiger partial charge in [-0.2, -0.15) is 5.26 Å². The lowest BCUT2D eigenvalue weighted by Gasteiger charge is -2.12. The van der Waals surface area contributed by atoms with Crippen LogP contribution in [0, 0.1) is 18.3 Å². The van der Waals surface area contributed by atoms with Crippen LogP contribution in [0.25, 0.3) is 10.9 Å². The normalized spacial score (nSPS) is 12.9. The third-order valence-electron chi connectivity index (χ3n) is 7.47. The van der Waals surface area contributed by atoms with Crippen molar-refractivity contribution in [3.63, 3.8) is 0 Å². The number of nitrogens with zero attached hydrogens (tertiary/aromatic N) is 3. The number of carbonyl (C=O) groups is 1. The lowest BCUT2D eigenvalue weighted by atomic mass is 9.95. The van der Waals surface area contributed by atoms with Crippen molar-refractivity contribution in [2.45, 2.75) is 39.2 Å². The van der Waals surface area contributed by atoms with Gasteiger partial charge in [-0.15, -0.1) is 11.3 Å². The summed E-state index contributed by atoms with van der Waals surface area (Å²) in [6.07, 6.45) is 6.07. The lowest BCUT2D eigenvalue weighted by Crippen LogP contribution is -2.14. The molecule has 0 saturated carbocycles. The Morgan fingerprint density at radius 1 is 1.03 bits per heavy atom. The molecule has 0 saturated heterocycles. The zero-order chi connectivity index (χ0) is 26.8. The monoisotopic (exact) mass is 528 g/mol. The van der Waals surface area contributed by atoms with E-state index >= 15 is 0 Å².